The number of nitrogens with zero attached hydrogens (tertiary/aromatic N) is 2. The van der Waals surface area contributed by atoms with Crippen LogP contribution in [-0.4, -0.2) is 27.6 Å². The molecule has 3 aromatic rings. The number of hydrogen-bond acceptors (Lipinski definition) is 4. The Hall–Kier alpha value is -2.93. The monoisotopic (exact) mass is 396 g/mol. The standard InChI is InChI=1S/C21H24N4O2S/c1-4-21(2,3)23-19(26)18(17-11-8-14-28-17)25(15-9-6-5-7-10-15)20(27)16-12-13-22-24-16/h5-14,18H,4H2,1-3H3,(H,22,24)(H,23,26)/t18-/m0/s1. The SMILES string of the molecule is CCC(C)(C)NC(=O)[C@H](c1cccs1)N(C(=O)c1ccn[nH]1)c1ccccc1. The van der Waals surface area contributed by atoms with Crippen LogP contribution in [0, 0.1) is 0 Å². The van der Waals surface area contributed by atoms with Crippen LogP contribution in [0.3, 0.4) is 0 Å². The first kappa shape index (κ1) is 19.8. The molecule has 7 heteroatoms. The molecule has 2 heterocycles. The van der Waals surface area contributed by atoms with Crippen molar-refractivity contribution in [3.05, 3.63) is 70.7 Å². The Balaban J connectivity index is 2.09. The molecule has 28 heavy (non-hydrogen) atoms. The van der Waals surface area contributed by atoms with E-state index >= 15 is 0 Å². The summed E-state index contributed by atoms with van der Waals surface area (Å²) in [6.45, 7) is 5.96. The number of nitrogens with one attached hydrogen (secondary N) is 2. The summed E-state index contributed by atoms with van der Waals surface area (Å²) < 4.78 is 0. The van der Waals surface area contributed by atoms with Crippen LogP contribution in [0.1, 0.15) is 48.6 Å². The lowest BCUT2D eigenvalue weighted by Crippen LogP contribution is -2.50. The summed E-state index contributed by atoms with van der Waals surface area (Å²) in [6, 6.07) is 13.8. The molecule has 0 saturated carbocycles. The lowest BCUT2D eigenvalue weighted by Gasteiger charge is -2.33. The van der Waals surface area contributed by atoms with Gasteiger partial charge in [-0.3, -0.25) is 19.6 Å². The van der Waals surface area contributed by atoms with Crippen molar-refractivity contribution in [3.8, 4) is 0 Å². The molecule has 0 aliphatic carbocycles. The molecule has 1 aromatic carbocycles. The van der Waals surface area contributed by atoms with Gasteiger partial charge in [0.1, 0.15) is 5.69 Å². The third-order valence-electron chi connectivity index (χ3n) is 4.65. The molecule has 146 valence electrons. The van der Waals surface area contributed by atoms with E-state index in [0.29, 0.717) is 11.4 Å². The molecule has 0 radical (unpaired) electrons. The van der Waals surface area contributed by atoms with Gasteiger partial charge in [-0.2, -0.15) is 5.10 Å². The maximum Gasteiger partial charge on any atom is 0.277 e. The van der Waals surface area contributed by atoms with Gasteiger partial charge in [-0.05, 0) is 49.9 Å². The molecule has 0 unspecified atom stereocenters. The van der Waals surface area contributed by atoms with Gasteiger partial charge in [0.2, 0.25) is 5.91 Å². The van der Waals surface area contributed by atoms with Crippen LogP contribution in [-0.2, 0) is 4.79 Å². The van der Waals surface area contributed by atoms with E-state index in [1.807, 2.05) is 68.6 Å². The fourth-order valence-corrected chi connectivity index (χ4v) is 3.60. The van der Waals surface area contributed by atoms with Gasteiger partial charge >= 0.3 is 0 Å². The lowest BCUT2D eigenvalue weighted by atomic mass is 10.0. The maximum absolute atomic E-state index is 13.4. The number of H-pyrrole nitrogens is 1. The Labute approximate surface area is 168 Å². The zero-order chi connectivity index (χ0) is 20.1. The lowest BCUT2D eigenvalue weighted by molar-refractivity contribution is -0.124. The third kappa shape index (κ3) is 4.31. The van der Waals surface area contributed by atoms with E-state index in [-0.39, 0.29) is 17.4 Å². The van der Waals surface area contributed by atoms with Crippen molar-refractivity contribution in [1.82, 2.24) is 15.5 Å². The van der Waals surface area contributed by atoms with Crippen LogP contribution < -0.4 is 10.2 Å². The van der Waals surface area contributed by atoms with Gasteiger partial charge in [0.05, 0.1) is 0 Å². The van der Waals surface area contributed by atoms with Gasteiger partial charge < -0.3 is 5.32 Å². The molecular weight excluding hydrogens is 372 g/mol. The molecule has 0 aliphatic heterocycles. The number of benzene rings is 1. The van der Waals surface area contributed by atoms with Crippen LogP contribution in [0.4, 0.5) is 5.69 Å². The summed E-state index contributed by atoms with van der Waals surface area (Å²) in [5.41, 5.74) is 0.587. The van der Waals surface area contributed by atoms with Crippen molar-refractivity contribution in [3.63, 3.8) is 0 Å². The Morgan fingerprint density at radius 3 is 2.50 bits per heavy atom. The summed E-state index contributed by atoms with van der Waals surface area (Å²) >= 11 is 1.45. The van der Waals surface area contributed by atoms with Gasteiger partial charge in [0.15, 0.2) is 6.04 Å². The van der Waals surface area contributed by atoms with E-state index in [9.17, 15) is 9.59 Å². The molecule has 6 nitrogen and oxygen atoms in total. The minimum atomic E-state index is -0.788. The summed E-state index contributed by atoms with van der Waals surface area (Å²) in [4.78, 5) is 29.1. The summed E-state index contributed by atoms with van der Waals surface area (Å²) in [5.74, 6) is -0.530. The number of thiophene rings is 1. The summed E-state index contributed by atoms with van der Waals surface area (Å²) in [6.07, 6.45) is 2.30. The summed E-state index contributed by atoms with van der Waals surface area (Å²) in [7, 11) is 0. The summed E-state index contributed by atoms with van der Waals surface area (Å²) in [5, 5.41) is 11.6. The van der Waals surface area contributed by atoms with Gasteiger partial charge in [0.25, 0.3) is 5.91 Å². The van der Waals surface area contributed by atoms with Gasteiger partial charge in [0, 0.05) is 22.3 Å². The van der Waals surface area contributed by atoms with E-state index in [1.54, 1.807) is 6.07 Å². The molecular formula is C21H24N4O2S. The van der Waals surface area contributed by atoms with Crippen LogP contribution in [0.2, 0.25) is 0 Å². The molecule has 0 bridgehead atoms. The molecule has 3 rings (SSSR count). The third-order valence-corrected chi connectivity index (χ3v) is 5.57. The Kier molecular flexibility index (Phi) is 5.94. The molecule has 1 atom stereocenters. The molecule has 2 amide bonds. The number of aromatic nitrogens is 2. The van der Waals surface area contributed by atoms with E-state index in [4.69, 9.17) is 0 Å². The fourth-order valence-electron chi connectivity index (χ4n) is 2.79. The average Bonchev–Trinajstić information content (AvgIpc) is 3.39. The van der Waals surface area contributed by atoms with Crippen molar-refractivity contribution >= 4 is 28.8 Å². The molecule has 2 N–H and O–H groups in total. The number of anilines is 1. The Morgan fingerprint density at radius 1 is 1.18 bits per heavy atom. The van der Waals surface area contributed by atoms with Crippen molar-refractivity contribution in [2.24, 2.45) is 0 Å². The molecule has 0 spiro atoms. The second kappa shape index (κ2) is 8.39. The van der Waals surface area contributed by atoms with Crippen molar-refractivity contribution in [1.29, 1.82) is 0 Å². The predicted molar refractivity (Wildman–Crippen MR) is 111 cm³/mol. The van der Waals surface area contributed by atoms with Crippen molar-refractivity contribution in [2.45, 2.75) is 38.8 Å². The second-order valence-electron chi connectivity index (χ2n) is 7.13. The fraction of sp³-hybridized carbons (Fsp3) is 0.286. The minimum absolute atomic E-state index is 0.217. The van der Waals surface area contributed by atoms with Gasteiger partial charge in [-0.15, -0.1) is 11.3 Å². The Morgan fingerprint density at radius 2 is 1.93 bits per heavy atom. The van der Waals surface area contributed by atoms with Crippen LogP contribution >= 0.6 is 11.3 Å². The number of para-hydroxylation sites is 1. The Bertz CT molecular complexity index is 905. The first-order chi connectivity index (χ1) is 13.4. The number of amides is 2. The zero-order valence-corrected chi connectivity index (χ0v) is 17.0. The first-order valence-corrected chi connectivity index (χ1v) is 10.0. The number of carbonyl (C=O) groups is 2. The number of carbonyl (C=O) groups excluding carboxylic acids is 2. The highest BCUT2D eigenvalue weighted by Crippen LogP contribution is 2.32. The van der Waals surface area contributed by atoms with E-state index in [1.165, 1.54) is 22.4 Å². The van der Waals surface area contributed by atoms with Crippen molar-refractivity contribution < 1.29 is 9.59 Å². The zero-order valence-electron chi connectivity index (χ0n) is 16.2. The van der Waals surface area contributed by atoms with Gasteiger partial charge in [-0.1, -0.05) is 31.2 Å². The normalized spacial score (nSPS) is 12.4. The topological polar surface area (TPSA) is 78.1 Å². The van der Waals surface area contributed by atoms with E-state index in [0.717, 1.165) is 11.3 Å². The quantitative estimate of drug-likeness (QED) is 0.629. The number of rotatable bonds is 7. The second-order valence-corrected chi connectivity index (χ2v) is 8.10. The smallest absolute Gasteiger partial charge is 0.277 e. The first-order valence-electron chi connectivity index (χ1n) is 9.16. The van der Waals surface area contributed by atoms with E-state index < -0.39 is 6.04 Å². The highest BCUT2D eigenvalue weighted by Gasteiger charge is 2.36. The van der Waals surface area contributed by atoms with Crippen LogP contribution in [0.15, 0.2) is 60.1 Å². The largest absolute Gasteiger partial charge is 0.349 e. The minimum Gasteiger partial charge on any atom is -0.349 e. The van der Waals surface area contributed by atoms with Crippen LogP contribution in [0.5, 0.6) is 0 Å². The maximum atomic E-state index is 13.4. The van der Waals surface area contributed by atoms with Crippen LogP contribution in [0.25, 0.3) is 0 Å². The van der Waals surface area contributed by atoms with E-state index in [2.05, 4.69) is 15.5 Å². The molecule has 2 aromatic heterocycles. The van der Waals surface area contributed by atoms with Gasteiger partial charge in [-0.25, -0.2) is 0 Å². The van der Waals surface area contributed by atoms with Crippen molar-refractivity contribution in [2.75, 3.05) is 4.90 Å². The molecule has 0 saturated heterocycles. The predicted octanol–water partition coefficient (Wildman–Crippen LogP) is 4.16. The number of aromatic amines is 1. The highest BCUT2D eigenvalue weighted by molar-refractivity contribution is 7.10. The molecule has 0 aliphatic rings. The highest BCUT2D eigenvalue weighted by atomic mass is 32.1. The molecule has 0 fully saturated rings. The average molecular weight is 397 g/mol. The number of hydrogen-bond donors (Lipinski definition) is 2.